The highest BCUT2D eigenvalue weighted by Gasteiger charge is 2.06. The van der Waals surface area contributed by atoms with Gasteiger partial charge in [0.15, 0.2) is 17.4 Å². The van der Waals surface area contributed by atoms with Gasteiger partial charge in [0.05, 0.1) is 0 Å². The molecule has 2 N–H and O–H groups in total. The molecule has 0 atom stereocenters. The van der Waals surface area contributed by atoms with Crippen molar-refractivity contribution in [1.82, 2.24) is 25.2 Å². The zero-order valence-electron chi connectivity index (χ0n) is 16.6. The summed E-state index contributed by atoms with van der Waals surface area (Å²) in [6.07, 6.45) is 2.93. The van der Waals surface area contributed by atoms with Gasteiger partial charge in [0.2, 0.25) is 0 Å². The topological polar surface area (TPSA) is 66.6 Å². The third kappa shape index (κ3) is 4.64. The molecular weight excluding hydrogens is 336 g/mol. The van der Waals surface area contributed by atoms with E-state index in [1.165, 1.54) is 22.3 Å². The average molecular weight is 364 g/mol. The predicted molar refractivity (Wildman–Crippen MR) is 110 cm³/mol. The molecule has 0 saturated carbocycles. The molecule has 0 aliphatic rings. The van der Waals surface area contributed by atoms with Crippen LogP contribution in [0.25, 0.3) is 5.65 Å². The number of rotatable bonds is 6. The summed E-state index contributed by atoms with van der Waals surface area (Å²) in [7, 11) is 0. The van der Waals surface area contributed by atoms with Gasteiger partial charge in [-0.2, -0.15) is 0 Å². The molecule has 0 aliphatic heterocycles. The van der Waals surface area contributed by atoms with Gasteiger partial charge in [-0.15, -0.1) is 10.2 Å². The number of hydrogen-bond donors (Lipinski definition) is 2. The van der Waals surface area contributed by atoms with Gasteiger partial charge in [-0.1, -0.05) is 23.8 Å². The summed E-state index contributed by atoms with van der Waals surface area (Å²) in [6.45, 7) is 10.7. The molecule has 0 spiro atoms. The maximum Gasteiger partial charge on any atom is 0.191 e. The van der Waals surface area contributed by atoms with E-state index in [1.807, 2.05) is 28.8 Å². The van der Waals surface area contributed by atoms with Crippen LogP contribution in [0.1, 0.15) is 35.0 Å². The lowest BCUT2D eigenvalue weighted by molar-refractivity contribution is 0.784. The normalized spacial score (nSPS) is 11.8. The Morgan fingerprint density at radius 2 is 1.85 bits per heavy atom. The first-order chi connectivity index (χ1) is 13.1. The van der Waals surface area contributed by atoms with Crippen molar-refractivity contribution in [2.75, 3.05) is 13.1 Å². The summed E-state index contributed by atoms with van der Waals surface area (Å²) < 4.78 is 1.96. The molecule has 0 bridgehead atoms. The highest BCUT2D eigenvalue weighted by molar-refractivity contribution is 5.79. The van der Waals surface area contributed by atoms with Crippen molar-refractivity contribution in [3.8, 4) is 0 Å². The van der Waals surface area contributed by atoms with Crippen molar-refractivity contribution in [1.29, 1.82) is 0 Å². The molecule has 0 unspecified atom stereocenters. The quantitative estimate of drug-likeness (QED) is 0.521. The van der Waals surface area contributed by atoms with Gasteiger partial charge in [0.1, 0.15) is 6.54 Å². The predicted octanol–water partition coefficient (Wildman–Crippen LogP) is 2.95. The molecule has 0 amide bonds. The van der Waals surface area contributed by atoms with Crippen LogP contribution in [0.15, 0.2) is 41.5 Å². The summed E-state index contributed by atoms with van der Waals surface area (Å²) in [5.74, 6) is 1.63. The maximum absolute atomic E-state index is 4.67. The summed E-state index contributed by atoms with van der Waals surface area (Å²) in [5.41, 5.74) is 6.27. The van der Waals surface area contributed by atoms with Gasteiger partial charge in [0.25, 0.3) is 0 Å². The largest absolute Gasteiger partial charge is 0.357 e. The Hall–Kier alpha value is -2.89. The first-order valence-corrected chi connectivity index (χ1v) is 9.46. The lowest BCUT2D eigenvalue weighted by atomic mass is 9.97. The van der Waals surface area contributed by atoms with Crippen molar-refractivity contribution >= 4 is 11.6 Å². The molecule has 1 aromatic carbocycles. The van der Waals surface area contributed by atoms with Crippen LogP contribution in [0.4, 0.5) is 0 Å². The van der Waals surface area contributed by atoms with Gasteiger partial charge < -0.3 is 10.6 Å². The average Bonchev–Trinajstić information content (AvgIpc) is 3.05. The molecule has 3 aromatic rings. The molecular formula is C21H28N6. The first kappa shape index (κ1) is 18.9. The molecule has 6 nitrogen and oxygen atoms in total. The molecule has 2 heterocycles. The maximum atomic E-state index is 4.67. The van der Waals surface area contributed by atoms with Crippen LogP contribution in [-0.4, -0.2) is 33.6 Å². The summed E-state index contributed by atoms with van der Waals surface area (Å²) >= 11 is 0. The number of nitrogens with zero attached hydrogens (tertiary/aromatic N) is 4. The third-order valence-electron chi connectivity index (χ3n) is 4.61. The van der Waals surface area contributed by atoms with Crippen molar-refractivity contribution in [2.24, 2.45) is 4.99 Å². The number of guanidine groups is 1. The first-order valence-electron chi connectivity index (χ1n) is 9.46. The van der Waals surface area contributed by atoms with Gasteiger partial charge in [-0.3, -0.25) is 4.40 Å². The number of fused-ring (bicyclic) bond motifs is 1. The molecule has 0 saturated heterocycles. The van der Waals surface area contributed by atoms with Gasteiger partial charge in [0, 0.05) is 19.3 Å². The number of aliphatic imine (C=N–C) groups is 1. The Morgan fingerprint density at radius 3 is 2.59 bits per heavy atom. The lowest BCUT2D eigenvalue weighted by Gasteiger charge is -2.14. The van der Waals surface area contributed by atoms with Crippen molar-refractivity contribution in [3.63, 3.8) is 0 Å². The number of pyridine rings is 1. The minimum atomic E-state index is 0.475. The minimum Gasteiger partial charge on any atom is -0.357 e. The summed E-state index contributed by atoms with van der Waals surface area (Å²) in [6, 6.07) is 10.4. The second-order valence-electron chi connectivity index (χ2n) is 6.79. The molecule has 0 radical (unpaired) electrons. The van der Waals surface area contributed by atoms with E-state index >= 15 is 0 Å². The summed E-state index contributed by atoms with van der Waals surface area (Å²) in [5, 5.41) is 15.1. The zero-order chi connectivity index (χ0) is 19.2. The second-order valence-corrected chi connectivity index (χ2v) is 6.79. The van der Waals surface area contributed by atoms with E-state index < -0.39 is 0 Å². The van der Waals surface area contributed by atoms with Crippen LogP contribution in [-0.2, 0) is 13.0 Å². The zero-order valence-corrected chi connectivity index (χ0v) is 16.6. The SMILES string of the molecule is CCNC(=NCc1nnc2ccccn12)NCCc1c(C)cc(C)cc1C. The van der Waals surface area contributed by atoms with Crippen LogP contribution >= 0.6 is 0 Å². The number of hydrogen-bond acceptors (Lipinski definition) is 3. The van der Waals surface area contributed by atoms with E-state index in [0.717, 1.165) is 36.9 Å². The number of aromatic nitrogens is 3. The number of nitrogens with one attached hydrogen (secondary N) is 2. The van der Waals surface area contributed by atoms with Crippen molar-refractivity contribution in [2.45, 2.75) is 40.7 Å². The van der Waals surface area contributed by atoms with Crippen LogP contribution in [0.5, 0.6) is 0 Å². The highest BCUT2D eigenvalue weighted by Crippen LogP contribution is 2.16. The van der Waals surface area contributed by atoms with Gasteiger partial charge in [-0.25, -0.2) is 4.99 Å². The van der Waals surface area contributed by atoms with E-state index in [9.17, 15) is 0 Å². The van der Waals surface area contributed by atoms with Crippen molar-refractivity contribution in [3.05, 3.63) is 64.6 Å². The Balaban J connectivity index is 1.64. The Labute approximate surface area is 160 Å². The third-order valence-corrected chi connectivity index (χ3v) is 4.61. The lowest BCUT2D eigenvalue weighted by Crippen LogP contribution is -2.38. The van der Waals surface area contributed by atoms with Crippen molar-refractivity contribution < 1.29 is 0 Å². The van der Waals surface area contributed by atoms with Crippen LogP contribution < -0.4 is 10.6 Å². The van der Waals surface area contributed by atoms with E-state index in [2.05, 4.69) is 65.7 Å². The molecule has 142 valence electrons. The molecule has 0 aliphatic carbocycles. The fraction of sp³-hybridized carbons (Fsp3) is 0.381. The van der Waals surface area contributed by atoms with E-state index in [-0.39, 0.29) is 0 Å². The molecule has 6 heteroatoms. The fourth-order valence-corrected chi connectivity index (χ4v) is 3.40. The van der Waals surface area contributed by atoms with Gasteiger partial charge >= 0.3 is 0 Å². The second kappa shape index (κ2) is 8.66. The molecule has 3 rings (SSSR count). The number of benzene rings is 1. The molecule has 27 heavy (non-hydrogen) atoms. The van der Waals surface area contributed by atoms with Crippen LogP contribution in [0, 0.1) is 20.8 Å². The fourth-order valence-electron chi connectivity index (χ4n) is 3.40. The molecule has 0 fully saturated rings. The minimum absolute atomic E-state index is 0.475. The van der Waals surface area contributed by atoms with Crippen LogP contribution in [0.3, 0.4) is 0 Å². The Kier molecular flexibility index (Phi) is 6.06. The van der Waals surface area contributed by atoms with E-state index in [1.54, 1.807) is 0 Å². The smallest absolute Gasteiger partial charge is 0.191 e. The molecule has 2 aromatic heterocycles. The monoisotopic (exact) mass is 364 g/mol. The Morgan fingerprint density at radius 1 is 1.07 bits per heavy atom. The highest BCUT2D eigenvalue weighted by atomic mass is 15.3. The number of aryl methyl sites for hydroxylation is 3. The van der Waals surface area contributed by atoms with Gasteiger partial charge in [-0.05, 0) is 62.9 Å². The Bertz CT molecular complexity index is 918. The van der Waals surface area contributed by atoms with E-state index in [4.69, 9.17) is 0 Å². The van der Waals surface area contributed by atoms with E-state index in [0.29, 0.717) is 6.54 Å². The summed E-state index contributed by atoms with van der Waals surface area (Å²) in [4.78, 5) is 4.67. The van der Waals surface area contributed by atoms with Crippen LogP contribution in [0.2, 0.25) is 0 Å². The standard InChI is InChI=1S/C21H28N6/c1-5-22-21(23-10-9-18-16(3)12-15(2)13-17(18)4)24-14-20-26-25-19-8-6-7-11-27(19)20/h6-8,11-13H,5,9-10,14H2,1-4H3,(H2,22,23,24).